The summed E-state index contributed by atoms with van der Waals surface area (Å²) in [6.07, 6.45) is -3.59. The number of alkyl halides is 3. The third-order valence-corrected chi connectivity index (χ3v) is 4.20. The van der Waals surface area contributed by atoms with Gasteiger partial charge < -0.3 is 10.8 Å². The van der Waals surface area contributed by atoms with E-state index in [2.05, 4.69) is 17.1 Å². The Morgan fingerprint density at radius 3 is 2.03 bits per heavy atom. The predicted molar refractivity (Wildman–Crippen MR) is 107 cm³/mol. The Hall–Kier alpha value is -3.62. The Balaban J connectivity index is 0.000000396. The van der Waals surface area contributed by atoms with Gasteiger partial charge in [-0.3, -0.25) is 9.36 Å². The van der Waals surface area contributed by atoms with Crippen molar-refractivity contribution >= 4 is 11.9 Å². The third-order valence-electron chi connectivity index (χ3n) is 4.20. The van der Waals surface area contributed by atoms with Crippen molar-refractivity contribution in [1.82, 2.24) is 9.55 Å². The minimum atomic E-state index is -5.08. The van der Waals surface area contributed by atoms with Gasteiger partial charge in [-0.1, -0.05) is 60.7 Å². The van der Waals surface area contributed by atoms with Crippen molar-refractivity contribution in [2.75, 3.05) is 5.73 Å². The van der Waals surface area contributed by atoms with Crippen LogP contribution >= 0.6 is 0 Å². The topological polar surface area (TPSA) is 98.2 Å². The standard InChI is InChI=1S/C19H19N3O.C2HF3O2/c1-22-18(23)17(15-10-6-3-7-11-15)16(21-19(22)20)13-12-14-8-4-2-5-9-14;3-2(4,5)1(6)7/h2-11H,12-13H2,1H3,(H2,20,21);(H,6,7). The average Bonchev–Trinajstić information content (AvgIpc) is 2.71. The van der Waals surface area contributed by atoms with Crippen LogP contribution in [0.5, 0.6) is 0 Å². The lowest BCUT2D eigenvalue weighted by Crippen LogP contribution is -2.25. The largest absolute Gasteiger partial charge is 0.490 e. The van der Waals surface area contributed by atoms with Crippen molar-refractivity contribution in [3.8, 4) is 11.1 Å². The molecule has 9 heteroatoms. The van der Waals surface area contributed by atoms with Crippen LogP contribution in [0.4, 0.5) is 19.1 Å². The fourth-order valence-corrected chi connectivity index (χ4v) is 2.65. The molecule has 0 saturated carbocycles. The van der Waals surface area contributed by atoms with Gasteiger partial charge in [-0.05, 0) is 24.0 Å². The van der Waals surface area contributed by atoms with Crippen molar-refractivity contribution < 1.29 is 23.1 Å². The van der Waals surface area contributed by atoms with Gasteiger partial charge in [0.25, 0.3) is 5.56 Å². The van der Waals surface area contributed by atoms with Crippen molar-refractivity contribution in [2.24, 2.45) is 7.05 Å². The fourth-order valence-electron chi connectivity index (χ4n) is 2.65. The van der Waals surface area contributed by atoms with Gasteiger partial charge in [0.15, 0.2) is 0 Å². The number of rotatable bonds is 4. The predicted octanol–water partition coefficient (Wildman–Crippen LogP) is 3.45. The number of anilines is 1. The summed E-state index contributed by atoms with van der Waals surface area (Å²) >= 11 is 0. The molecule has 3 aromatic rings. The normalized spacial score (nSPS) is 10.8. The minimum Gasteiger partial charge on any atom is -0.475 e. The monoisotopic (exact) mass is 419 g/mol. The van der Waals surface area contributed by atoms with Crippen LogP contribution < -0.4 is 11.3 Å². The molecule has 0 atom stereocenters. The zero-order valence-electron chi connectivity index (χ0n) is 16.1. The minimum absolute atomic E-state index is 0.105. The highest BCUT2D eigenvalue weighted by atomic mass is 19.4. The molecule has 3 N–H and O–H groups in total. The molecular weight excluding hydrogens is 399 g/mol. The van der Waals surface area contributed by atoms with Crippen LogP contribution in [0.1, 0.15) is 11.3 Å². The van der Waals surface area contributed by atoms with Crippen molar-refractivity contribution in [2.45, 2.75) is 19.0 Å². The maximum absolute atomic E-state index is 12.7. The van der Waals surface area contributed by atoms with Crippen LogP contribution in [0.25, 0.3) is 11.1 Å². The summed E-state index contributed by atoms with van der Waals surface area (Å²) in [5, 5.41) is 7.12. The number of hydrogen-bond donors (Lipinski definition) is 2. The van der Waals surface area contributed by atoms with Crippen LogP contribution in [0.3, 0.4) is 0 Å². The molecule has 0 spiro atoms. The Bertz CT molecular complexity index is 1050. The van der Waals surface area contributed by atoms with E-state index < -0.39 is 12.1 Å². The lowest BCUT2D eigenvalue weighted by atomic mass is 10.0. The van der Waals surface area contributed by atoms with Gasteiger partial charge in [0.2, 0.25) is 5.95 Å². The first-order chi connectivity index (χ1) is 14.1. The quantitative estimate of drug-likeness (QED) is 0.675. The van der Waals surface area contributed by atoms with Crippen molar-refractivity contribution in [3.63, 3.8) is 0 Å². The van der Waals surface area contributed by atoms with E-state index in [-0.39, 0.29) is 11.5 Å². The Labute approximate surface area is 170 Å². The maximum Gasteiger partial charge on any atom is 0.490 e. The van der Waals surface area contributed by atoms with Gasteiger partial charge in [0.1, 0.15) is 0 Å². The zero-order valence-corrected chi connectivity index (χ0v) is 16.1. The first-order valence-electron chi connectivity index (χ1n) is 8.86. The van der Waals surface area contributed by atoms with Gasteiger partial charge >= 0.3 is 12.1 Å². The van der Waals surface area contributed by atoms with Crippen LogP contribution in [0.2, 0.25) is 0 Å². The lowest BCUT2D eigenvalue weighted by Gasteiger charge is -2.12. The van der Waals surface area contributed by atoms with Crippen LogP contribution in [-0.2, 0) is 24.7 Å². The second-order valence-electron chi connectivity index (χ2n) is 6.31. The first-order valence-corrected chi connectivity index (χ1v) is 8.86. The number of aliphatic carboxylic acids is 1. The highest BCUT2D eigenvalue weighted by Crippen LogP contribution is 2.21. The molecule has 158 valence electrons. The molecule has 0 aliphatic carbocycles. The molecule has 0 bridgehead atoms. The van der Waals surface area contributed by atoms with E-state index in [1.165, 1.54) is 10.1 Å². The fraction of sp³-hybridized carbons (Fsp3) is 0.190. The van der Waals surface area contributed by atoms with Gasteiger partial charge in [0.05, 0.1) is 11.3 Å². The highest BCUT2D eigenvalue weighted by molar-refractivity contribution is 5.73. The van der Waals surface area contributed by atoms with Gasteiger partial charge in [0, 0.05) is 7.05 Å². The molecular formula is C21H20F3N3O3. The molecule has 6 nitrogen and oxygen atoms in total. The molecule has 0 radical (unpaired) electrons. The lowest BCUT2D eigenvalue weighted by molar-refractivity contribution is -0.192. The summed E-state index contributed by atoms with van der Waals surface area (Å²) in [6, 6.07) is 19.8. The number of carboxylic acid groups (broad SMARTS) is 1. The number of carboxylic acids is 1. The number of aromatic nitrogens is 2. The molecule has 1 heterocycles. The summed E-state index contributed by atoms with van der Waals surface area (Å²) in [4.78, 5) is 26.0. The summed E-state index contributed by atoms with van der Waals surface area (Å²) in [5.41, 5.74) is 9.27. The first kappa shape index (κ1) is 22.7. The third kappa shape index (κ3) is 5.94. The van der Waals surface area contributed by atoms with Gasteiger partial charge in [-0.2, -0.15) is 13.2 Å². The Kier molecular flexibility index (Phi) is 7.35. The smallest absolute Gasteiger partial charge is 0.475 e. The summed E-state index contributed by atoms with van der Waals surface area (Å²) in [6.45, 7) is 0. The second-order valence-corrected chi connectivity index (χ2v) is 6.31. The zero-order chi connectivity index (χ0) is 22.3. The number of halogens is 3. The number of hydrogen-bond acceptors (Lipinski definition) is 4. The second kappa shape index (κ2) is 9.73. The van der Waals surface area contributed by atoms with E-state index in [1.54, 1.807) is 7.05 Å². The molecule has 2 aromatic carbocycles. The van der Waals surface area contributed by atoms with Crippen LogP contribution in [0, 0.1) is 0 Å². The Morgan fingerprint density at radius 2 is 1.53 bits per heavy atom. The van der Waals surface area contributed by atoms with E-state index in [9.17, 15) is 18.0 Å². The van der Waals surface area contributed by atoms with E-state index >= 15 is 0 Å². The number of nitrogens with zero attached hydrogens (tertiary/aromatic N) is 2. The molecule has 0 unspecified atom stereocenters. The van der Waals surface area contributed by atoms with Crippen LogP contribution in [-0.4, -0.2) is 26.8 Å². The molecule has 1 aromatic heterocycles. The number of carbonyl (C=O) groups is 1. The van der Waals surface area contributed by atoms with Crippen molar-refractivity contribution in [3.05, 3.63) is 82.3 Å². The number of aryl methyl sites for hydroxylation is 2. The van der Waals surface area contributed by atoms with E-state index in [0.29, 0.717) is 12.0 Å². The highest BCUT2D eigenvalue weighted by Gasteiger charge is 2.38. The molecule has 0 aliphatic rings. The Morgan fingerprint density at radius 1 is 1.03 bits per heavy atom. The van der Waals surface area contributed by atoms with E-state index in [1.807, 2.05) is 48.5 Å². The molecule has 0 fully saturated rings. The average molecular weight is 419 g/mol. The van der Waals surface area contributed by atoms with Gasteiger partial charge in [-0.15, -0.1) is 0 Å². The molecule has 0 amide bonds. The number of nitrogens with two attached hydrogens (primary N) is 1. The summed E-state index contributed by atoms with van der Waals surface area (Å²) < 4.78 is 33.1. The SMILES string of the molecule is Cn1c(N)nc(CCc2ccccc2)c(-c2ccccc2)c1=O.O=C(O)C(F)(F)F. The van der Waals surface area contributed by atoms with Crippen molar-refractivity contribution in [1.29, 1.82) is 0 Å². The number of nitrogen functional groups attached to an aromatic ring is 1. The molecule has 0 saturated heterocycles. The molecule has 0 aliphatic heterocycles. The number of benzene rings is 2. The molecule has 30 heavy (non-hydrogen) atoms. The van der Waals surface area contributed by atoms with E-state index in [4.69, 9.17) is 15.6 Å². The van der Waals surface area contributed by atoms with Gasteiger partial charge in [-0.25, -0.2) is 9.78 Å². The molecule has 3 rings (SSSR count). The maximum atomic E-state index is 12.7. The summed E-state index contributed by atoms with van der Waals surface area (Å²) in [7, 11) is 1.65. The summed E-state index contributed by atoms with van der Waals surface area (Å²) in [5.74, 6) is -2.51. The van der Waals surface area contributed by atoms with E-state index in [0.717, 1.165) is 17.7 Å². The van der Waals surface area contributed by atoms with Crippen LogP contribution in [0.15, 0.2) is 65.5 Å².